The second-order valence-corrected chi connectivity index (χ2v) is 2.67. The van der Waals surface area contributed by atoms with Gasteiger partial charge in [0.1, 0.15) is 17.1 Å². The van der Waals surface area contributed by atoms with Crippen LogP contribution in [0.15, 0.2) is 10.9 Å². The largest absolute Gasteiger partial charge is 0.464 e. The van der Waals surface area contributed by atoms with Gasteiger partial charge >= 0.3 is 5.97 Å². The predicted molar refractivity (Wildman–Crippen MR) is 47.8 cm³/mol. The number of halogens is 2. The van der Waals surface area contributed by atoms with Gasteiger partial charge in [-0.1, -0.05) is 0 Å². The smallest absolute Gasteiger partial charge is 0.354 e. The summed E-state index contributed by atoms with van der Waals surface area (Å²) in [6.07, 6.45) is -2.99. The van der Waals surface area contributed by atoms with E-state index in [4.69, 9.17) is 5.73 Å². The second-order valence-electron chi connectivity index (χ2n) is 2.67. The molecule has 7 heteroatoms. The van der Waals surface area contributed by atoms with Crippen molar-refractivity contribution in [2.24, 2.45) is 0 Å². The van der Waals surface area contributed by atoms with Crippen LogP contribution in [-0.4, -0.2) is 18.1 Å². The topological polar surface area (TPSA) is 85.2 Å². The number of anilines is 1. The maximum absolute atomic E-state index is 12.3. The predicted octanol–water partition coefficient (Wildman–Crippen LogP) is 0.681. The molecule has 1 rings (SSSR count). The lowest BCUT2D eigenvalue weighted by atomic mass is 10.2. The third-order valence-corrected chi connectivity index (χ3v) is 1.72. The zero-order valence-corrected chi connectivity index (χ0v) is 7.71. The average molecular weight is 218 g/mol. The highest BCUT2D eigenvalue weighted by Crippen LogP contribution is 2.19. The van der Waals surface area contributed by atoms with Crippen LogP contribution in [-0.2, 0) is 4.74 Å². The van der Waals surface area contributed by atoms with Crippen molar-refractivity contribution in [3.8, 4) is 0 Å². The average Bonchev–Trinajstić information content (AvgIpc) is 2.14. The van der Waals surface area contributed by atoms with E-state index in [2.05, 4.69) is 9.72 Å². The van der Waals surface area contributed by atoms with E-state index in [9.17, 15) is 18.4 Å². The van der Waals surface area contributed by atoms with Crippen LogP contribution in [0.3, 0.4) is 0 Å². The molecular weight excluding hydrogens is 210 g/mol. The number of H-pyrrole nitrogens is 1. The molecule has 0 amide bonds. The summed E-state index contributed by atoms with van der Waals surface area (Å²) >= 11 is 0. The molecule has 15 heavy (non-hydrogen) atoms. The van der Waals surface area contributed by atoms with Crippen molar-refractivity contribution in [1.29, 1.82) is 0 Å². The Kier molecular flexibility index (Phi) is 3.03. The van der Waals surface area contributed by atoms with Crippen molar-refractivity contribution >= 4 is 11.8 Å². The van der Waals surface area contributed by atoms with Crippen molar-refractivity contribution in [1.82, 2.24) is 4.98 Å². The van der Waals surface area contributed by atoms with Crippen LogP contribution in [0.1, 0.15) is 22.5 Å². The second kappa shape index (κ2) is 4.07. The van der Waals surface area contributed by atoms with E-state index in [-0.39, 0.29) is 5.69 Å². The van der Waals surface area contributed by atoms with Crippen LogP contribution in [0.25, 0.3) is 0 Å². The van der Waals surface area contributed by atoms with Crippen LogP contribution in [0, 0.1) is 0 Å². The Morgan fingerprint density at radius 3 is 2.60 bits per heavy atom. The molecule has 0 spiro atoms. The lowest BCUT2D eigenvalue weighted by Gasteiger charge is -2.05. The first-order valence-electron chi connectivity index (χ1n) is 3.86. The van der Waals surface area contributed by atoms with Gasteiger partial charge in [-0.15, -0.1) is 0 Å². The lowest BCUT2D eigenvalue weighted by molar-refractivity contribution is 0.0593. The summed E-state index contributed by atoms with van der Waals surface area (Å²) in [5.41, 5.74) is 3.07. The lowest BCUT2D eigenvalue weighted by Crippen LogP contribution is -2.18. The molecule has 0 saturated heterocycles. The van der Waals surface area contributed by atoms with Gasteiger partial charge in [-0.05, 0) is 0 Å². The molecule has 5 nitrogen and oxygen atoms in total. The first kappa shape index (κ1) is 11.2. The summed E-state index contributed by atoms with van der Waals surface area (Å²) in [6, 6.07) is 0.726. The van der Waals surface area contributed by atoms with Gasteiger partial charge in [-0.25, -0.2) is 13.6 Å². The van der Waals surface area contributed by atoms with Crippen LogP contribution < -0.4 is 11.2 Å². The Bertz CT molecular complexity index is 442. The first-order chi connectivity index (χ1) is 6.97. The van der Waals surface area contributed by atoms with Crippen molar-refractivity contribution in [2.45, 2.75) is 6.43 Å². The number of carbonyl (C=O) groups excluding carboxylic acids is 1. The highest BCUT2D eigenvalue weighted by molar-refractivity contribution is 5.87. The third-order valence-electron chi connectivity index (χ3n) is 1.72. The number of nitrogen functional groups attached to an aromatic ring is 1. The minimum absolute atomic E-state index is 0.260. The quantitative estimate of drug-likeness (QED) is 0.715. The van der Waals surface area contributed by atoms with Gasteiger partial charge in [-0.3, -0.25) is 4.79 Å². The number of aromatic nitrogens is 1. The zero-order valence-electron chi connectivity index (χ0n) is 7.71. The number of esters is 1. The highest BCUT2D eigenvalue weighted by atomic mass is 19.3. The number of alkyl halides is 2. The molecule has 0 aliphatic carbocycles. The monoisotopic (exact) mass is 218 g/mol. The number of nitrogens with two attached hydrogens (primary N) is 1. The van der Waals surface area contributed by atoms with E-state index >= 15 is 0 Å². The molecule has 1 aromatic rings. The van der Waals surface area contributed by atoms with Crippen LogP contribution in [0.4, 0.5) is 14.6 Å². The molecule has 1 heterocycles. The van der Waals surface area contributed by atoms with Gasteiger partial charge in [0.05, 0.1) is 7.11 Å². The Morgan fingerprint density at radius 2 is 2.20 bits per heavy atom. The number of ether oxygens (including phenoxy) is 1. The Balaban J connectivity index is 3.32. The molecule has 0 fully saturated rings. The van der Waals surface area contributed by atoms with E-state index in [1.807, 2.05) is 0 Å². The van der Waals surface area contributed by atoms with E-state index in [1.165, 1.54) is 0 Å². The normalized spacial score (nSPS) is 10.4. The molecule has 82 valence electrons. The molecule has 0 radical (unpaired) electrons. The number of pyridine rings is 1. The number of rotatable bonds is 2. The van der Waals surface area contributed by atoms with Gasteiger partial charge in [0, 0.05) is 6.07 Å². The molecule has 1 aromatic heterocycles. The van der Waals surface area contributed by atoms with Crippen LogP contribution in [0.2, 0.25) is 0 Å². The molecule has 0 aromatic carbocycles. The summed E-state index contributed by atoms with van der Waals surface area (Å²) in [5, 5.41) is 0. The van der Waals surface area contributed by atoms with Gasteiger partial charge in [-0.2, -0.15) is 0 Å². The van der Waals surface area contributed by atoms with Crippen molar-refractivity contribution in [3.63, 3.8) is 0 Å². The van der Waals surface area contributed by atoms with Crippen LogP contribution >= 0.6 is 0 Å². The number of methoxy groups -OCH3 is 1. The number of hydrogen-bond acceptors (Lipinski definition) is 4. The van der Waals surface area contributed by atoms with Crippen molar-refractivity contribution in [2.75, 3.05) is 12.8 Å². The van der Waals surface area contributed by atoms with Gasteiger partial charge in [0.25, 0.3) is 6.43 Å². The summed E-state index contributed by atoms with van der Waals surface area (Å²) in [4.78, 5) is 24.3. The SMILES string of the molecule is COC(=O)c1cc(=O)c(C(F)F)c(N)[nH]1. The molecule has 0 atom stereocenters. The molecule has 0 bridgehead atoms. The Morgan fingerprint density at radius 1 is 1.60 bits per heavy atom. The van der Waals surface area contributed by atoms with E-state index in [0.717, 1.165) is 13.2 Å². The molecule has 0 unspecified atom stereocenters. The van der Waals surface area contributed by atoms with Gasteiger partial charge < -0.3 is 15.5 Å². The zero-order chi connectivity index (χ0) is 11.6. The van der Waals surface area contributed by atoms with E-state index < -0.39 is 29.2 Å². The van der Waals surface area contributed by atoms with Crippen molar-refractivity contribution in [3.05, 3.63) is 27.5 Å². The van der Waals surface area contributed by atoms with E-state index in [0.29, 0.717) is 0 Å². The summed E-state index contributed by atoms with van der Waals surface area (Å²) in [7, 11) is 1.10. The van der Waals surface area contributed by atoms with Crippen molar-refractivity contribution < 1.29 is 18.3 Å². The number of hydrogen-bond donors (Lipinski definition) is 2. The summed E-state index contributed by atoms with van der Waals surface area (Å²) < 4.78 is 28.9. The molecule has 0 aliphatic heterocycles. The fraction of sp³-hybridized carbons (Fsp3) is 0.250. The summed E-state index contributed by atoms with van der Waals surface area (Å²) in [6.45, 7) is 0. The third kappa shape index (κ3) is 2.12. The number of carbonyl (C=O) groups is 1. The molecule has 0 saturated carbocycles. The molecule has 0 aliphatic rings. The Hall–Kier alpha value is -1.92. The Labute approximate surface area is 82.9 Å². The molecule has 3 N–H and O–H groups in total. The molecular formula is C8H8F2N2O3. The minimum atomic E-state index is -2.99. The number of nitrogens with one attached hydrogen (secondary N) is 1. The first-order valence-corrected chi connectivity index (χ1v) is 3.86. The maximum atomic E-state index is 12.3. The number of aromatic amines is 1. The van der Waals surface area contributed by atoms with E-state index in [1.54, 1.807) is 0 Å². The summed E-state index contributed by atoms with van der Waals surface area (Å²) in [5.74, 6) is -1.38. The fourth-order valence-electron chi connectivity index (χ4n) is 1.04. The minimum Gasteiger partial charge on any atom is -0.464 e. The van der Waals surface area contributed by atoms with Gasteiger partial charge in [0.2, 0.25) is 0 Å². The maximum Gasteiger partial charge on any atom is 0.354 e. The highest BCUT2D eigenvalue weighted by Gasteiger charge is 2.19. The standard InChI is InChI=1S/C8H8F2N2O3/c1-15-8(14)3-2-4(13)5(6(9)10)7(11)12-3/h2,6H,1H3,(H3,11,12,13). The van der Waals surface area contributed by atoms with Crippen LogP contribution in [0.5, 0.6) is 0 Å². The fourth-order valence-corrected chi connectivity index (χ4v) is 1.04. The van der Waals surface area contributed by atoms with Gasteiger partial charge in [0.15, 0.2) is 5.43 Å².